The number of hydrogen-bond acceptors (Lipinski definition) is 7. The molecule has 1 aromatic carbocycles. The molecule has 6 nitrogen and oxygen atoms in total. The van der Waals surface area contributed by atoms with Crippen molar-refractivity contribution in [1.82, 2.24) is 0 Å². The Hall–Kier alpha value is -2.15. The van der Waals surface area contributed by atoms with E-state index in [4.69, 9.17) is 14.2 Å². The molecule has 2 unspecified atom stereocenters. The summed E-state index contributed by atoms with van der Waals surface area (Å²) in [5, 5.41) is 10.4. The molecule has 0 spiro atoms. The van der Waals surface area contributed by atoms with Crippen LogP contribution in [0.1, 0.15) is 30.6 Å². The van der Waals surface area contributed by atoms with Gasteiger partial charge >= 0.3 is 5.97 Å². The number of carbonyl (C=O) groups excluding carboxylic acids is 1. The molecule has 0 fully saturated rings. The third-order valence-corrected chi connectivity index (χ3v) is 5.69. The van der Waals surface area contributed by atoms with Crippen LogP contribution in [0.25, 0.3) is 0 Å². The minimum atomic E-state index is -0.493. The number of methoxy groups -OCH3 is 2. The first-order valence-corrected chi connectivity index (χ1v) is 9.58. The van der Waals surface area contributed by atoms with Crippen LogP contribution in [0.15, 0.2) is 34.5 Å². The van der Waals surface area contributed by atoms with Gasteiger partial charge in [-0.2, -0.15) is 11.8 Å². The van der Waals surface area contributed by atoms with Crippen LogP contribution in [0.5, 0.6) is 11.5 Å². The van der Waals surface area contributed by atoms with E-state index in [2.05, 4.69) is 4.99 Å². The highest BCUT2D eigenvalue weighted by Crippen LogP contribution is 2.41. The zero-order valence-corrected chi connectivity index (χ0v) is 16.0. The molecular formula is C19H23NO5S. The molecule has 0 radical (unpaired) electrons. The first-order chi connectivity index (χ1) is 12.5. The second kappa shape index (κ2) is 8.03. The molecule has 0 aromatic heterocycles. The van der Waals surface area contributed by atoms with E-state index in [0.29, 0.717) is 25.1 Å². The number of aliphatic hydroxyl groups is 1. The molecule has 7 heteroatoms. The number of aliphatic hydroxyl groups excluding tert-OH is 1. The number of esters is 1. The van der Waals surface area contributed by atoms with E-state index in [1.807, 2.05) is 18.2 Å². The molecule has 2 aliphatic heterocycles. The molecule has 2 atom stereocenters. The Morgan fingerprint density at radius 3 is 2.77 bits per heavy atom. The maximum absolute atomic E-state index is 12.3. The van der Waals surface area contributed by atoms with Gasteiger partial charge in [0.15, 0.2) is 0 Å². The Morgan fingerprint density at radius 1 is 1.27 bits per heavy atom. The molecule has 1 aromatic rings. The Morgan fingerprint density at radius 2 is 2.08 bits per heavy atom. The van der Waals surface area contributed by atoms with E-state index in [9.17, 15) is 9.90 Å². The van der Waals surface area contributed by atoms with E-state index in [1.165, 1.54) is 0 Å². The fourth-order valence-corrected chi connectivity index (χ4v) is 4.33. The fraction of sp³-hybridized carbons (Fsp3) is 0.474. The van der Waals surface area contributed by atoms with Crippen LogP contribution in [0, 0.1) is 0 Å². The number of benzene rings is 1. The molecule has 0 bridgehead atoms. The van der Waals surface area contributed by atoms with Gasteiger partial charge in [-0.25, -0.2) is 4.79 Å². The average molecular weight is 377 g/mol. The van der Waals surface area contributed by atoms with Gasteiger partial charge < -0.3 is 19.3 Å². The zero-order valence-electron chi connectivity index (χ0n) is 15.2. The summed E-state index contributed by atoms with van der Waals surface area (Å²) < 4.78 is 16.1. The molecule has 0 saturated heterocycles. The zero-order chi connectivity index (χ0) is 18.7. The lowest BCUT2D eigenvalue weighted by Gasteiger charge is -2.24. The Kier molecular flexibility index (Phi) is 5.76. The second-order valence-electron chi connectivity index (χ2n) is 6.24. The van der Waals surface area contributed by atoms with E-state index >= 15 is 0 Å². The smallest absolute Gasteiger partial charge is 0.343 e. The number of thioether (sulfide) groups is 1. The Balaban J connectivity index is 1.92. The van der Waals surface area contributed by atoms with Crippen LogP contribution in [0.2, 0.25) is 0 Å². The van der Waals surface area contributed by atoms with Gasteiger partial charge in [0.25, 0.3) is 0 Å². The number of carbonyl (C=O) groups is 1. The maximum Gasteiger partial charge on any atom is 0.343 e. The highest BCUT2D eigenvalue weighted by molar-refractivity contribution is 7.99. The van der Waals surface area contributed by atoms with Crippen LogP contribution in [-0.4, -0.2) is 49.4 Å². The molecule has 2 heterocycles. The largest absolute Gasteiger partial charge is 0.511 e. The van der Waals surface area contributed by atoms with Gasteiger partial charge in [-0.05, 0) is 13.0 Å². The SMILES string of the molecule is COc1ccc(C2CC(C3=C(O)CC(C)OC3=O)=NCCS2)c(OC)c1. The summed E-state index contributed by atoms with van der Waals surface area (Å²) in [5.74, 6) is 1.86. The number of rotatable bonds is 4. The lowest BCUT2D eigenvalue weighted by molar-refractivity contribution is -0.144. The number of cyclic esters (lactones) is 1. The van der Waals surface area contributed by atoms with Crippen LogP contribution < -0.4 is 9.47 Å². The predicted molar refractivity (Wildman–Crippen MR) is 101 cm³/mol. The van der Waals surface area contributed by atoms with Crippen molar-refractivity contribution in [3.05, 3.63) is 35.1 Å². The van der Waals surface area contributed by atoms with Gasteiger partial charge in [0.05, 0.1) is 19.9 Å². The molecule has 0 aliphatic carbocycles. The molecule has 0 amide bonds. The first kappa shape index (κ1) is 18.6. The molecule has 3 rings (SSSR count). The van der Waals surface area contributed by atoms with Crippen molar-refractivity contribution in [2.45, 2.75) is 31.1 Å². The summed E-state index contributed by atoms with van der Waals surface area (Å²) in [6.45, 7) is 2.36. The monoisotopic (exact) mass is 377 g/mol. The predicted octanol–water partition coefficient (Wildman–Crippen LogP) is 3.47. The van der Waals surface area contributed by atoms with E-state index in [1.54, 1.807) is 32.9 Å². The van der Waals surface area contributed by atoms with Gasteiger partial charge in [0.1, 0.15) is 28.9 Å². The van der Waals surface area contributed by atoms with Gasteiger partial charge in [-0.3, -0.25) is 4.99 Å². The second-order valence-corrected chi connectivity index (χ2v) is 7.55. The minimum Gasteiger partial charge on any atom is -0.511 e. The Bertz CT molecular complexity index is 758. The summed E-state index contributed by atoms with van der Waals surface area (Å²) in [6.07, 6.45) is 0.532. The highest BCUT2D eigenvalue weighted by Gasteiger charge is 2.33. The Labute approximate surface area is 157 Å². The van der Waals surface area contributed by atoms with Crippen molar-refractivity contribution in [3.63, 3.8) is 0 Å². The summed E-state index contributed by atoms with van der Waals surface area (Å²) in [6, 6.07) is 5.73. The minimum absolute atomic E-state index is 0.0598. The standard InChI is InChI=1S/C19H23NO5S/c1-11-8-15(21)18(19(22)25-11)14-10-17(26-7-6-20-14)13-5-4-12(23-2)9-16(13)24-3/h4-5,9,11,17,21H,6-8,10H2,1-3H3. The summed E-state index contributed by atoms with van der Waals surface area (Å²) in [4.78, 5) is 16.9. The van der Waals surface area contributed by atoms with Crippen molar-refractivity contribution in [3.8, 4) is 11.5 Å². The van der Waals surface area contributed by atoms with Crippen molar-refractivity contribution in [2.75, 3.05) is 26.5 Å². The molecule has 0 saturated carbocycles. The summed E-state index contributed by atoms with van der Waals surface area (Å²) in [7, 11) is 3.24. The number of ether oxygens (including phenoxy) is 3. The highest BCUT2D eigenvalue weighted by atomic mass is 32.2. The molecule has 26 heavy (non-hydrogen) atoms. The quantitative estimate of drug-likeness (QED) is 0.810. The maximum atomic E-state index is 12.3. The first-order valence-electron chi connectivity index (χ1n) is 8.53. The molecule has 2 aliphatic rings. The van der Waals surface area contributed by atoms with Crippen molar-refractivity contribution in [2.24, 2.45) is 4.99 Å². The third-order valence-electron chi connectivity index (χ3n) is 4.45. The molecule has 1 N–H and O–H groups in total. The number of aliphatic imine (C=N–C) groups is 1. The number of nitrogens with zero attached hydrogens (tertiary/aromatic N) is 1. The van der Waals surface area contributed by atoms with E-state index < -0.39 is 5.97 Å². The van der Waals surface area contributed by atoms with Crippen LogP contribution in [0.4, 0.5) is 0 Å². The lowest BCUT2D eigenvalue weighted by atomic mass is 9.97. The molecular weight excluding hydrogens is 354 g/mol. The van der Waals surface area contributed by atoms with Crippen molar-refractivity contribution < 1.29 is 24.1 Å². The van der Waals surface area contributed by atoms with Crippen LogP contribution in [-0.2, 0) is 9.53 Å². The van der Waals surface area contributed by atoms with Crippen LogP contribution >= 0.6 is 11.8 Å². The van der Waals surface area contributed by atoms with Crippen molar-refractivity contribution >= 4 is 23.4 Å². The van der Waals surface area contributed by atoms with Crippen LogP contribution in [0.3, 0.4) is 0 Å². The van der Waals surface area contributed by atoms with Gasteiger partial charge in [0, 0.05) is 42.0 Å². The number of hydrogen-bond donors (Lipinski definition) is 1. The van der Waals surface area contributed by atoms with E-state index in [0.717, 1.165) is 22.8 Å². The normalized spacial score (nSPS) is 23.8. The van der Waals surface area contributed by atoms with Crippen molar-refractivity contribution in [1.29, 1.82) is 0 Å². The van der Waals surface area contributed by atoms with E-state index in [-0.39, 0.29) is 22.7 Å². The average Bonchev–Trinajstić information content (AvgIpc) is 2.86. The summed E-state index contributed by atoms with van der Waals surface area (Å²) >= 11 is 1.76. The van der Waals surface area contributed by atoms with Gasteiger partial charge in [-0.15, -0.1) is 0 Å². The topological polar surface area (TPSA) is 77.4 Å². The fourth-order valence-electron chi connectivity index (χ4n) is 3.20. The lowest BCUT2D eigenvalue weighted by Crippen LogP contribution is -2.29. The molecule has 140 valence electrons. The van der Waals surface area contributed by atoms with Gasteiger partial charge in [-0.1, -0.05) is 6.07 Å². The third kappa shape index (κ3) is 3.82. The summed E-state index contributed by atoms with van der Waals surface area (Å²) in [5.41, 5.74) is 1.85. The van der Waals surface area contributed by atoms with Gasteiger partial charge in [0.2, 0.25) is 0 Å².